The number of rotatable bonds is 6. The van der Waals surface area contributed by atoms with Gasteiger partial charge in [-0.1, -0.05) is 5.21 Å². The van der Waals surface area contributed by atoms with E-state index in [1.54, 1.807) is 6.92 Å². The van der Waals surface area contributed by atoms with Crippen LogP contribution in [0.25, 0.3) is 0 Å². The van der Waals surface area contributed by atoms with Gasteiger partial charge in [0.25, 0.3) is 0 Å². The van der Waals surface area contributed by atoms with E-state index >= 15 is 0 Å². The minimum absolute atomic E-state index is 0.0730. The average molecular weight is 276 g/mol. The molecule has 0 radical (unpaired) electrons. The summed E-state index contributed by atoms with van der Waals surface area (Å²) in [4.78, 5) is 11.6. The highest BCUT2D eigenvalue weighted by Gasteiger charge is 2.19. The Hall–Kier alpha value is -1.55. The zero-order valence-corrected chi connectivity index (χ0v) is 10.9. The number of hydrogen-bond donors (Lipinski definition) is 3. The molecule has 2 unspecified atom stereocenters. The highest BCUT2D eigenvalue weighted by atomic mass is 32.2. The number of carbonyl (C=O) groups excluding carboxylic acids is 1. The van der Waals surface area contributed by atoms with Gasteiger partial charge in [0, 0.05) is 6.26 Å². The molecule has 1 heterocycles. The lowest BCUT2D eigenvalue weighted by molar-refractivity contribution is -0.123. The van der Waals surface area contributed by atoms with Gasteiger partial charge in [0.05, 0.1) is 17.8 Å². The maximum absolute atomic E-state index is 11.6. The molecule has 1 aromatic heterocycles. The molecular weight excluding hydrogens is 260 g/mol. The number of nitrogens with two attached hydrogens (primary N) is 1. The van der Waals surface area contributed by atoms with Gasteiger partial charge in [-0.05, 0) is 13.3 Å². The van der Waals surface area contributed by atoms with E-state index in [1.165, 1.54) is 0 Å². The molecule has 4 N–H and O–H groups in total. The number of amides is 1. The monoisotopic (exact) mass is 276 g/mol. The van der Waals surface area contributed by atoms with Crippen LogP contribution in [0, 0.1) is 0 Å². The van der Waals surface area contributed by atoms with Crippen molar-refractivity contribution in [2.24, 2.45) is 5.73 Å². The third kappa shape index (κ3) is 4.75. The van der Waals surface area contributed by atoms with Gasteiger partial charge in [-0.2, -0.15) is 5.21 Å². The fourth-order valence-corrected chi connectivity index (χ4v) is 1.89. The minimum atomic E-state index is -3.12. The van der Waals surface area contributed by atoms with Gasteiger partial charge in [0.15, 0.2) is 5.82 Å². The summed E-state index contributed by atoms with van der Waals surface area (Å²) in [7, 11) is -3.12. The van der Waals surface area contributed by atoms with Gasteiger partial charge in [0.1, 0.15) is 9.84 Å². The van der Waals surface area contributed by atoms with Gasteiger partial charge >= 0.3 is 0 Å². The molecule has 102 valence electrons. The number of hydrogen-bond acceptors (Lipinski definition) is 7. The van der Waals surface area contributed by atoms with Crippen LogP contribution in [-0.2, 0) is 14.6 Å². The molecule has 0 fully saturated rings. The van der Waals surface area contributed by atoms with Gasteiger partial charge in [0.2, 0.25) is 5.91 Å². The summed E-state index contributed by atoms with van der Waals surface area (Å²) < 4.78 is 21.9. The van der Waals surface area contributed by atoms with E-state index < -0.39 is 27.8 Å². The zero-order chi connectivity index (χ0) is 13.8. The van der Waals surface area contributed by atoms with E-state index in [-0.39, 0.29) is 12.2 Å². The summed E-state index contributed by atoms with van der Waals surface area (Å²) in [6, 6.07) is -1.32. The highest BCUT2D eigenvalue weighted by Crippen LogP contribution is 2.04. The smallest absolute Gasteiger partial charge is 0.237 e. The molecular formula is C8H16N6O3S. The van der Waals surface area contributed by atoms with E-state index in [0.717, 1.165) is 6.26 Å². The van der Waals surface area contributed by atoms with E-state index in [2.05, 4.69) is 25.9 Å². The Morgan fingerprint density at radius 3 is 2.72 bits per heavy atom. The standard InChI is InChI=1S/C8H16N6O3S/c1-5(7-11-13-14-12-7)10-8(15)6(9)3-4-18(2,16)17/h5-6H,3-4,9H2,1-2H3,(H,10,15)(H,11,12,13,14). The van der Waals surface area contributed by atoms with Gasteiger partial charge in [-0.3, -0.25) is 4.79 Å². The fourth-order valence-electron chi connectivity index (χ4n) is 1.21. The van der Waals surface area contributed by atoms with Crippen LogP contribution in [0.2, 0.25) is 0 Å². The first kappa shape index (κ1) is 14.5. The molecule has 0 aromatic carbocycles. The molecule has 9 nitrogen and oxygen atoms in total. The Morgan fingerprint density at radius 1 is 1.56 bits per heavy atom. The maximum Gasteiger partial charge on any atom is 0.237 e. The number of nitrogens with one attached hydrogen (secondary N) is 2. The maximum atomic E-state index is 11.6. The number of aromatic nitrogens is 4. The molecule has 1 amide bonds. The van der Waals surface area contributed by atoms with Crippen LogP contribution in [0.4, 0.5) is 0 Å². The molecule has 18 heavy (non-hydrogen) atoms. The Morgan fingerprint density at radius 2 is 2.22 bits per heavy atom. The first-order valence-electron chi connectivity index (χ1n) is 5.26. The SMILES string of the molecule is CC(NC(=O)C(N)CCS(C)(=O)=O)c1nn[nH]n1. The Kier molecular flexibility index (Phi) is 4.73. The van der Waals surface area contributed by atoms with Crippen LogP contribution in [-0.4, -0.2) is 53.0 Å². The first-order chi connectivity index (χ1) is 8.29. The fraction of sp³-hybridized carbons (Fsp3) is 0.750. The number of H-pyrrole nitrogens is 1. The summed E-state index contributed by atoms with van der Waals surface area (Å²) in [5, 5.41) is 15.6. The molecule has 0 bridgehead atoms. The van der Waals surface area contributed by atoms with E-state index in [9.17, 15) is 13.2 Å². The van der Waals surface area contributed by atoms with E-state index in [0.29, 0.717) is 5.82 Å². The number of tetrazole rings is 1. The number of aromatic amines is 1. The predicted molar refractivity (Wildman–Crippen MR) is 63.0 cm³/mol. The van der Waals surface area contributed by atoms with Crippen LogP contribution in [0.3, 0.4) is 0 Å². The molecule has 0 aliphatic heterocycles. The van der Waals surface area contributed by atoms with Crippen molar-refractivity contribution in [2.45, 2.75) is 25.4 Å². The highest BCUT2D eigenvalue weighted by molar-refractivity contribution is 7.90. The third-order valence-corrected chi connectivity index (χ3v) is 3.22. The number of sulfone groups is 1. The lowest BCUT2D eigenvalue weighted by Gasteiger charge is -2.14. The molecule has 0 spiro atoms. The largest absolute Gasteiger partial charge is 0.345 e. The second kappa shape index (κ2) is 5.87. The second-order valence-electron chi connectivity index (χ2n) is 4.03. The lowest BCUT2D eigenvalue weighted by Crippen LogP contribution is -2.42. The Balaban J connectivity index is 2.45. The van der Waals surface area contributed by atoms with Crippen molar-refractivity contribution in [1.82, 2.24) is 25.9 Å². The van der Waals surface area contributed by atoms with Crippen LogP contribution in [0.5, 0.6) is 0 Å². The summed E-state index contributed by atoms with van der Waals surface area (Å²) >= 11 is 0. The normalized spacial score (nSPS) is 15.1. The first-order valence-corrected chi connectivity index (χ1v) is 7.32. The van der Waals surface area contributed by atoms with Crippen molar-refractivity contribution in [3.63, 3.8) is 0 Å². The van der Waals surface area contributed by atoms with Crippen molar-refractivity contribution >= 4 is 15.7 Å². The summed E-state index contributed by atoms with van der Waals surface area (Å²) in [5.74, 6) is -0.243. The molecule has 2 atom stereocenters. The van der Waals surface area contributed by atoms with Gasteiger partial charge in [-0.25, -0.2) is 8.42 Å². The second-order valence-corrected chi connectivity index (χ2v) is 6.29. The van der Waals surface area contributed by atoms with Crippen molar-refractivity contribution in [2.75, 3.05) is 12.0 Å². The molecule has 0 aliphatic carbocycles. The van der Waals surface area contributed by atoms with Crippen LogP contribution >= 0.6 is 0 Å². The van der Waals surface area contributed by atoms with Gasteiger partial charge in [-0.15, -0.1) is 10.2 Å². The molecule has 0 saturated carbocycles. The van der Waals surface area contributed by atoms with Crippen molar-refractivity contribution in [3.8, 4) is 0 Å². The zero-order valence-electron chi connectivity index (χ0n) is 10.1. The summed E-state index contributed by atoms with van der Waals surface area (Å²) in [5.41, 5.74) is 5.59. The minimum Gasteiger partial charge on any atom is -0.345 e. The predicted octanol–water partition coefficient (Wildman–Crippen LogP) is -1.86. The van der Waals surface area contributed by atoms with Gasteiger partial charge < -0.3 is 11.1 Å². The van der Waals surface area contributed by atoms with Crippen LogP contribution in [0.1, 0.15) is 25.2 Å². The van der Waals surface area contributed by atoms with E-state index in [1.807, 2.05) is 0 Å². The molecule has 10 heteroatoms. The van der Waals surface area contributed by atoms with Crippen LogP contribution < -0.4 is 11.1 Å². The van der Waals surface area contributed by atoms with Crippen molar-refractivity contribution in [1.29, 1.82) is 0 Å². The third-order valence-electron chi connectivity index (χ3n) is 2.24. The average Bonchev–Trinajstić information content (AvgIpc) is 2.77. The Labute approximate surface area is 104 Å². The quantitative estimate of drug-likeness (QED) is 0.552. The Bertz CT molecular complexity index is 485. The topological polar surface area (TPSA) is 144 Å². The molecule has 1 rings (SSSR count). The number of carbonyl (C=O) groups is 1. The summed E-state index contributed by atoms with van der Waals surface area (Å²) in [6.07, 6.45) is 1.17. The van der Waals surface area contributed by atoms with Crippen LogP contribution in [0.15, 0.2) is 0 Å². The molecule has 0 aliphatic rings. The van der Waals surface area contributed by atoms with E-state index in [4.69, 9.17) is 5.73 Å². The summed E-state index contributed by atoms with van der Waals surface area (Å²) in [6.45, 7) is 1.67. The number of nitrogens with zero attached hydrogens (tertiary/aromatic N) is 3. The molecule has 0 saturated heterocycles. The lowest BCUT2D eigenvalue weighted by atomic mass is 10.2. The molecule has 1 aromatic rings. The van der Waals surface area contributed by atoms with Crippen molar-refractivity contribution in [3.05, 3.63) is 5.82 Å². The van der Waals surface area contributed by atoms with Crippen molar-refractivity contribution < 1.29 is 13.2 Å².